The van der Waals surface area contributed by atoms with Crippen molar-refractivity contribution in [3.8, 4) is 0 Å². The SMILES string of the molecule is CCNC(=NCC(=O)N(C)C)N(C)Cc1ccccc1.I. The Kier molecular flexibility index (Phi) is 9.77. The lowest BCUT2D eigenvalue weighted by molar-refractivity contribution is -0.127. The molecule has 0 unspecified atom stereocenters. The summed E-state index contributed by atoms with van der Waals surface area (Å²) in [6.45, 7) is 3.70. The number of nitrogens with zero attached hydrogens (tertiary/aromatic N) is 3. The summed E-state index contributed by atoms with van der Waals surface area (Å²) >= 11 is 0. The van der Waals surface area contributed by atoms with Crippen molar-refractivity contribution in [3.05, 3.63) is 35.9 Å². The average Bonchev–Trinajstić information content (AvgIpc) is 2.43. The van der Waals surface area contributed by atoms with Crippen molar-refractivity contribution < 1.29 is 4.79 Å². The first kappa shape index (κ1) is 19.7. The van der Waals surface area contributed by atoms with Gasteiger partial charge in [-0.3, -0.25) is 4.79 Å². The predicted molar refractivity (Wildman–Crippen MR) is 98.0 cm³/mol. The van der Waals surface area contributed by atoms with Crippen molar-refractivity contribution in [2.75, 3.05) is 34.2 Å². The summed E-state index contributed by atoms with van der Waals surface area (Å²) in [5, 5.41) is 3.20. The molecular formula is C15H25IN4O. The van der Waals surface area contributed by atoms with Gasteiger partial charge >= 0.3 is 0 Å². The molecule has 1 amide bonds. The molecule has 0 fully saturated rings. The van der Waals surface area contributed by atoms with E-state index >= 15 is 0 Å². The van der Waals surface area contributed by atoms with Crippen LogP contribution in [0, 0.1) is 0 Å². The second-order valence-corrected chi connectivity index (χ2v) is 4.80. The van der Waals surface area contributed by atoms with Gasteiger partial charge in [0.05, 0.1) is 0 Å². The third-order valence-electron chi connectivity index (χ3n) is 2.82. The lowest BCUT2D eigenvalue weighted by Crippen LogP contribution is -2.39. The Morgan fingerprint density at radius 3 is 2.33 bits per heavy atom. The predicted octanol–water partition coefficient (Wildman–Crippen LogP) is 1.79. The maximum absolute atomic E-state index is 11.6. The molecule has 6 heteroatoms. The van der Waals surface area contributed by atoms with E-state index in [-0.39, 0.29) is 36.4 Å². The zero-order valence-corrected chi connectivity index (χ0v) is 15.5. The van der Waals surface area contributed by atoms with Gasteiger partial charge in [0.1, 0.15) is 6.54 Å². The first-order valence-corrected chi connectivity index (χ1v) is 6.78. The van der Waals surface area contributed by atoms with E-state index in [0.29, 0.717) is 0 Å². The highest BCUT2D eigenvalue weighted by molar-refractivity contribution is 14.0. The summed E-state index contributed by atoms with van der Waals surface area (Å²) < 4.78 is 0. The van der Waals surface area contributed by atoms with Crippen molar-refractivity contribution in [2.24, 2.45) is 4.99 Å². The van der Waals surface area contributed by atoms with Crippen LogP contribution in [0.3, 0.4) is 0 Å². The lowest BCUT2D eigenvalue weighted by Gasteiger charge is -2.22. The minimum absolute atomic E-state index is 0. The lowest BCUT2D eigenvalue weighted by atomic mass is 10.2. The van der Waals surface area contributed by atoms with Crippen LogP contribution in [-0.2, 0) is 11.3 Å². The summed E-state index contributed by atoms with van der Waals surface area (Å²) in [7, 11) is 5.44. The van der Waals surface area contributed by atoms with Crippen LogP contribution < -0.4 is 5.32 Å². The molecule has 1 aromatic rings. The van der Waals surface area contributed by atoms with Gasteiger partial charge in [-0.1, -0.05) is 30.3 Å². The van der Waals surface area contributed by atoms with Crippen LogP contribution in [0.15, 0.2) is 35.3 Å². The topological polar surface area (TPSA) is 47.9 Å². The molecule has 0 atom stereocenters. The number of hydrogen-bond donors (Lipinski definition) is 1. The molecule has 0 aromatic heterocycles. The van der Waals surface area contributed by atoms with Crippen molar-refractivity contribution in [3.63, 3.8) is 0 Å². The molecule has 0 saturated carbocycles. The van der Waals surface area contributed by atoms with Crippen LogP contribution in [0.4, 0.5) is 0 Å². The molecule has 0 bridgehead atoms. The van der Waals surface area contributed by atoms with E-state index in [1.807, 2.05) is 37.1 Å². The number of benzene rings is 1. The van der Waals surface area contributed by atoms with Crippen LogP contribution in [0.2, 0.25) is 0 Å². The fraction of sp³-hybridized carbons (Fsp3) is 0.467. The average molecular weight is 404 g/mol. The Labute approximate surface area is 144 Å². The number of likely N-dealkylation sites (N-methyl/N-ethyl adjacent to an activating group) is 1. The summed E-state index contributed by atoms with van der Waals surface area (Å²) in [4.78, 5) is 19.5. The third-order valence-corrected chi connectivity index (χ3v) is 2.82. The van der Waals surface area contributed by atoms with Crippen LogP contribution in [0.5, 0.6) is 0 Å². The van der Waals surface area contributed by atoms with Crippen molar-refractivity contribution in [1.29, 1.82) is 0 Å². The van der Waals surface area contributed by atoms with Gasteiger partial charge in [-0.25, -0.2) is 4.99 Å². The van der Waals surface area contributed by atoms with Crippen LogP contribution >= 0.6 is 24.0 Å². The molecule has 1 rings (SSSR count). The van der Waals surface area contributed by atoms with Gasteiger partial charge in [0, 0.05) is 34.2 Å². The number of rotatable bonds is 5. The number of aliphatic imine (C=N–C) groups is 1. The quantitative estimate of drug-likeness (QED) is 0.463. The number of halogens is 1. The summed E-state index contributed by atoms with van der Waals surface area (Å²) in [5.74, 6) is 0.736. The number of hydrogen-bond acceptors (Lipinski definition) is 2. The van der Waals surface area contributed by atoms with Gasteiger partial charge in [0.2, 0.25) is 5.91 Å². The Bertz CT molecular complexity index is 448. The standard InChI is InChI=1S/C15H24N4O.HI/c1-5-16-15(17-11-14(20)18(2)3)19(4)12-13-9-7-6-8-10-13;/h6-10H,5,11-12H2,1-4H3,(H,16,17);1H. The maximum atomic E-state index is 11.6. The van der Waals surface area contributed by atoms with Crippen molar-refractivity contribution in [1.82, 2.24) is 15.1 Å². The molecule has 0 heterocycles. The van der Waals surface area contributed by atoms with E-state index in [4.69, 9.17) is 0 Å². The van der Waals surface area contributed by atoms with Gasteiger partial charge in [-0.15, -0.1) is 24.0 Å². The van der Waals surface area contributed by atoms with E-state index < -0.39 is 0 Å². The molecule has 0 saturated heterocycles. The maximum Gasteiger partial charge on any atom is 0.243 e. The molecule has 0 radical (unpaired) electrons. The number of nitrogens with one attached hydrogen (secondary N) is 1. The summed E-state index contributed by atoms with van der Waals surface area (Å²) in [5.41, 5.74) is 1.21. The van der Waals surface area contributed by atoms with E-state index in [1.165, 1.54) is 5.56 Å². The monoisotopic (exact) mass is 404 g/mol. The largest absolute Gasteiger partial charge is 0.357 e. The molecule has 5 nitrogen and oxygen atoms in total. The fourth-order valence-corrected chi connectivity index (χ4v) is 1.69. The van der Waals surface area contributed by atoms with E-state index in [9.17, 15) is 4.79 Å². The molecule has 1 N–H and O–H groups in total. The normalized spacial score (nSPS) is 10.6. The minimum atomic E-state index is -0.00601. The highest BCUT2D eigenvalue weighted by Gasteiger charge is 2.08. The first-order valence-electron chi connectivity index (χ1n) is 6.78. The van der Waals surface area contributed by atoms with Crippen molar-refractivity contribution >= 4 is 35.8 Å². The Morgan fingerprint density at radius 2 is 1.81 bits per heavy atom. The number of amides is 1. The van der Waals surface area contributed by atoms with Gasteiger partial charge in [-0.05, 0) is 12.5 Å². The Morgan fingerprint density at radius 1 is 1.19 bits per heavy atom. The highest BCUT2D eigenvalue weighted by Crippen LogP contribution is 2.02. The third kappa shape index (κ3) is 7.31. The van der Waals surface area contributed by atoms with Crippen LogP contribution in [-0.4, -0.2) is 55.9 Å². The molecule has 0 aliphatic heterocycles. The number of carbonyl (C=O) groups is 1. The second-order valence-electron chi connectivity index (χ2n) is 4.80. The Balaban J connectivity index is 0.00000400. The molecule has 1 aromatic carbocycles. The summed E-state index contributed by atoms with van der Waals surface area (Å²) in [6.07, 6.45) is 0. The zero-order valence-electron chi connectivity index (χ0n) is 13.2. The zero-order chi connectivity index (χ0) is 15.0. The molecular weight excluding hydrogens is 379 g/mol. The van der Waals surface area contributed by atoms with E-state index in [0.717, 1.165) is 19.0 Å². The first-order chi connectivity index (χ1) is 9.54. The minimum Gasteiger partial charge on any atom is -0.357 e. The van der Waals surface area contributed by atoms with Crippen molar-refractivity contribution in [2.45, 2.75) is 13.5 Å². The fourth-order valence-electron chi connectivity index (χ4n) is 1.69. The molecule has 0 aliphatic carbocycles. The molecule has 0 aliphatic rings. The molecule has 21 heavy (non-hydrogen) atoms. The molecule has 118 valence electrons. The molecule has 0 spiro atoms. The van der Waals surface area contributed by atoms with E-state index in [2.05, 4.69) is 22.4 Å². The van der Waals surface area contributed by atoms with E-state index in [1.54, 1.807) is 19.0 Å². The van der Waals surface area contributed by atoms with Crippen LogP contribution in [0.1, 0.15) is 12.5 Å². The Hall–Kier alpha value is -1.31. The van der Waals surface area contributed by atoms with Crippen LogP contribution in [0.25, 0.3) is 0 Å². The second kappa shape index (κ2) is 10.4. The van der Waals surface area contributed by atoms with Gasteiger partial charge < -0.3 is 15.1 Å². The van der Waals surface area contributed by atoms with Gasteiger partial charge in [0.25, 0.3) is 0 Å². The highest BCUT2D eigenvalue weighted by atomic mass is 127. The van der Waals surface area contributed by atoms with Gasteiger partial charge in [-0.2, -0.15) is 0 Å². The van der Waals surface area contributed by atoms with Gasteiger partial charge in [0.15, 0.2) is 5.96 Å². The number of guanidine groups is 1. The number of carbonyl (C=O) groups excluding carboxylic acids is 1. The summed E-state index contributed by atoms with van der Waals surface area (Å²) in [6, 6.07) is 10.2. The smallest absolute Gasteiger partial charge is 0.243 e.